The predicted octanol–water partition coefficient (Wildman–Crippen LogP) is 8.23. The fourth-order valence-electron chi connectivity index (χ4n) is 4.57. The van der Waals surface area contributed by atoms with Gasteiger partial charge in [0.1, 0.15) is 0 Å². The Balaban J connectivity index is 1.98. The molecule has 3 aromatic rings. The van der Waals surface area contributed by atoms with Crippen molar-refractivity contribution >= 4 is 10.8 Å². The first-order chi connectivity index (χ1) is 15.0. The summed E-state index contributed by atoms with van der Waals surface area (Å²) in [6.07, 6.45) is 10.4. The minimum absolute atomic E-state index is 0.243. The molecular weight excluding hydrogens is 372 g/mol. The van der Waals surface area contributed by atoms with E-state index in [4.69, 9.17) is 0 Å². The first-order valence-corrected chi connectivity index (χ1v) is 11.5. The normalized spacial score (nSPS) is 14.8. The molecule has 4 rings (SSSR count). The van der Waals surface area contributed by atoms with E-state index in [1.165, 1.54) is 27.5 Å². The van der Waals surface area contributed by atoms with Crippen molar-refractivity contribution in [3.8, 4) is 11.8 Å². The molecule has 1 aliphatic carbocycles. The molecule has 1 aliphatic rings. The molecule has 0 bridgehead atoms. The minimum Gasteiger partial charge on any atom is -0.0951 e. The SMILES string of the molecule is CC(C)C#Cc1ccccc1C(c1cc2ccccc2cc1C(C)C)C1C=CCC=C1. The fourth-order valence-corrected chi connectivity index (χ4v) is 4.57. The number of hydrogen-bond donors (Lipinski definition) is 0. The average molecular weight is 405 g/mol. The molecule has 0 amide bonds. The summed E-state index contributed by atoms with van der Waals surface area (Å²) < 4.78 is 0. The van der Waals surface area contributed by atoms with Gasteiger partial charge in [0, 0.05) is 23.3 Å². The highest BCUT2D eigenvalue weighted by atomic mass is 14.3. The summed E-state index contributed by atoms with van der Waals surface area (Å²) in [5.41, 5.74) is 5.34. The highest BCUT2D eigenvalue weighted by molar-refractivity contribution is 5.84. The molecule has 0 aromatic heterocycles. The Hall–Kier alpha value is -3.04. The molecule has 156 valence electrons. The number of allylic oxidation sites excluding steroid dienone is 4. The molecule has 0 radical (unpaired) electrons. The van der Waals surface area contributed by atoms with E-state index in [0.717, 1.165) is 12.0 Å². The van der Waals surface area contributed by atoms with Crippen LogP contribution in [0.15, 0.2) is 85.0 Å². The first kappa shape index (κ1) is 21.2. The minimum atomic E-state index is 0.243. The van der Waals surface area contributed by atoms with Crippen molar-refractivity contribution in [2.75, 3.05) is 0 Å². The molecule has 0 heterocycles. The van der Waals surface area contributed by atoms with Gasteiger partial charge in [-0.1, -0.05) is 118 Å². The predicted molar refractivity (Wildman–Crippen MR) is 134 cm³/mol. The van der Waals surface area contributed by atoms with E-state index < -0.39 is 0 Å². The molecule has 0 fully saturated rings. The standard InChI is InChI=1S/C31H32/c1-22(2)18-19-24-12-10-11-17-28(24)31(25-13-6-5-7-14-25)30-21-27-16-9-8-15-26(27)20-29(30)23(3)4/h6-17,20-23,25,31H,5H2,1-4H3. The van der Waals surface area contributed by atoms with Crippen LogP contribution in [0.5, 0.6) is 0 Å². The molecule has 0 saturated carbocycles. The van der Waals surface area contributed by atoms with Crippen molar-refractivity contribution in [3.63, 3.8) is 0 Å². The van der Waals surface area contributed by atoms with Gasteiger partial charge < -0.3 is 0 Å². The monoisotopic (exact) mass is 404 g/mol. The van der Waals surface area contributed by atoms with Crippen LogP contribution in [-0.2, 0) is 0 Å². The topological polar surface area (TPSA) is 0 Å². The lowest BCUT2D eigenvalue weighted by Crippen LogP contribution is -2.16. The number of fused-ring (bicyclic) bond motifs is 1. The van der Waals surface area contributed by atoms with Crippen LogP contribution in [0, 0.1) is 23.7 Å². The first-order valence-electron chi connectivity index (χ1n) is 11.5. The Labute approximate surface area is 187 Å². The Morgan fingerprint density at radius 3 is 2.00 bits per heavy atom. The Morgan fingerprint density at radius 1 is 0.742 bits per heavy atom. The van der Waals surface area contributed by atoms with E-state index in [1.54, 1.807) is 0 Å². The maximum atomic E-state index is 3.49. The van der Waals surface area contributed by atoms with Gasteiger partial charge in [-0.3, -0.25) is 0 Å². The third-order valence-electron chi connectivity index (χ3n) is 6.07. The zero-order valence-corrected chi connectivity index (χ0v) is 19.1. The number of hydrogen-bond acceptors (Lipinski definition) is 0. The van der Waals surface area contributed by atoms with Crippen molar-refractivity contribution in [3.05, 3.63) is 107 Å². The second-order valence-electron chi connectivity index (χ2n) is 9.14. The molecule has 0 N–H and O–H groups in total. The van der Waals surface area contributed by atoms with Crippen LogP contribution in [0.25, 0.3) is 10.8 Å². The van der Waals surface area contributed by atoms with Gasteiger partial charge in [-0.15, -0.1) is 0 Å². The van der Waals surface area contributed by atoms with E-state index in [-0.39, 0.29) is 5.92 Å². The van der Waals surface area contributed by atoms with E-state index in [9.17, 15) is 0 Å². The zero-order chi connectivity index (χ0) is 21.8. The third kappa shape index (κ3) is 4.67. The van der Waals surface area contributed by atoms with Gasteiger partial charge in [0.2, 0.25) is 0 Å². The third-order valence-corrected chi connectivity index (χ3v) is 6.07. The summed E-state index contributed by atoms with van der Waals surface area (Å²) in [5.74, 6) is 8.26. The maximum Gasteiger partial charge on any atom is 0.0283 e. The van der Waals surface area contributed by atoms with Gasteiger partial charge >= 0.3 is 0 Å². The van der Waals surface area contributed by atoms with Crippen molar-refractivity contribution in [2.24, 2.45) is 11.8 Å². The second-order valence-corrected chi connectivity index (χ2v) is 9.14. The van der Waals surface area contributed by atoms with Gasteiger partial charge in [0.25, 0.3) is 0 Å². The second kappa shape index (κ2) is 9.40. The van der Waals surface area contributed by atoms with E-state index in [0.29, 0.717) is 17.8 Å². The lowest BCUT2D eigenvalue weighted by atomic mass is 9.74. The van der Waals surface area contributed by atoms with E-state index >= 15 is 0 Å². The quantitative estimate of drug-likeness (QED) is 0.303. The largest absolute Gasteiger partial charge is 0.0951 e. The molecule has 31 heavy (non-hydrogen) atoms. The summed E-state index contributed by atoms with van der Waals surface area (Å²) in [6, 6.07) is 22.3. The van der Waals surface area contributed by atoms with Crippen LogP contribution in [0.4, 0.5) is 0 Å². The smallest absolute Gasteiger partial charge is 0.0283 e. The van der Waals surface area contributed by atoms with Crippen molar-refractivity contribution < 1.29 is 0 Å². The van der Waals surface area contributed by atoms with E-state index in [1.807, 2.05) is 0 Å². The molecule has 0 aliphatic heterocycles. The number of benzene rings is 3. The van der Waals surface area contributed by atoms with Crippen LogP contribution < -0.4 is 0 Å². The Bertz CT molecular complexity index is 1170. The van der Waals surface area contributed by atoms with Crippen LogP contribution in [0.3, 0.4) is 0 Å². The lowest BCUT2D eigenvalue weighted by Gasteiger charge is -2.29. The molecule has 3 aromatic carbocycles. The van der Waals surface area contributed by atoms with Crippen LogP contribution in [0.2, 0.25) is 0 Å². The van der Waals surface area contributed by atoms with Crippen molar-refractivity contribution in [1.29, 1.82) is 0 Å². The summed E-state index contributed by atoms with van der Waals surface area (Å²) in [4.78, 5) is 0. The van der Waals surface area contributed by atoms with Crippen molar-refractivity contribution in [2.45, 2.75) is 46.0 Å². The highest BCUT2D eigenvalue weighted by Gasteiger charge is 2.27. The van der Waals surface area contributed by atoms with Gasteiger partial charge in [0.15, 0.2) is 0 Å². The molecular formula is C31H32. The molecule has 0 saturated heterocycles. The van der Waals surface area contributed by atoms with Gasteiger partial charge in [-0.05, 0) is 45.9 Å². The summed E-state index contributed by atoms with van der Waals surface area (Å²) in [6.45, 7) is 8.92. The summed E-state index contributed by atoms with van der Waals surface area (Å²) in [5, 5.41) is 2.62. The molecule has 1 atom stereocenters. The number of rotatable bonds is 4. The molecule has 0 nitrogen and oxygen atoms in total. The van der Waals surface area contributed by atoms with Crippen LogP contribution >= 0.6 is 0 Å². The van der Waals surface area contributed by atoms with Crippen LogP contribution in [-0.4, -0.2) is 0 Å². The van der Waals surface area contributed by atoms with E-state index in [2.05, 4.69) is 125 Å². The maximum absolute atomic E-state index is 3.49. The Morgan fingerprint density at radius 2 is 1.35 bits per heavy atom. The van der Waals surface area contributed by atoms with Gasteiger partial charge in [-0.25, -0.2) is 0 Å². The fraction of sp³-hybridized carbons (Fsp3) is 0.290. The zero-order valence-electron chi connectivity index (χ0n) is 19.1. The summed E-state index contributed by atoms with van der Waals surface area (Å²) in [7, 11) is 0. The Kier molecular flexibility index (Phi) is 6.43. The van der Waals surface area contributed by atoms with Crippen LogP contribution in [0.1, 0.15) is 68.2 Å². The molecule has 0 heteroatoms. The highest BCUT2D eigenvalue weighted by Crippen LogP contribution is 2.41. The molecule has 1 unspecified atom stereocenters. The molecule has 0 spiro atoms. The van der Waals surface area contributed by atoms with Gasteiger partial charge in [0.05, 0.1) is 0 Å². The van der Waals surface area contributed by atoms with Gasteiger partial charge in [-0.2, -0.15) is 0 Å². The lowest BCUT2D eigenvalue weighted by molar-refractivity contribution is 0.661. The average Bonchev–Trinajstić information content (AvgIpc) is 2.78. The van der Waals surface area contributed by atoms with Crippen molar-refractivity contribution in [1.82, 2.24) is 0 Å². The summed E-state index contributed by atoms with van der Waals surface area (Å²) >= 11 is 0.